The number of aliphatic imine (C=N–C) groups is 1. The first-order chi connectivity index (χ1) is 13.0. The molecule has 0 saturated carbocycles. The summed E-state index contributed by atoms with van der Waals surface area (Å²) in [6.45, 7) is 6.01. The van der Waals surface area contributed by atoms with E-state index in [0.717, 1.165) is 37.5 Å². The molecule has 1 saturated heterocycles. The lowest BCUT2D eigenvalue weighted by atomic mass is 10.1. The lowest BCUT2D eigenvalue weighted by Crippen LogP contribution is -2.50. The number of benzene rings is 1. The zero-order valence-corrected chi connectivity index (χ0v) is 16.0. The van der Waals surface area contributed by atoms with Crippen LogP contribution in [0.15, 0.2) is 33.8 Å². The van der Waals surface area contributed by atoms with Gasteiger partial charge in [-0.1, -0.05) is 17.3 Å². The standard InChI is InChI=1S/C19H26FN5O2/c1-13-11-25(12-17(26-13)15-6-8-16(20)9-7-15)19(21-3)22-10-4-5-18-23-14(2)24-27-18/h6-9,13,17H,4-5,10-12H2,1-3H3,(H,21,22). The van der Waals surface area contributed by atoms with Crippen LogP contribution in [0.5, 0.6) is 0 Å². The van der Waals surface area contributed by atoms with Crippen molar-refractivity contribution in [2.75, 3.05) is 26.7 Å². The highest BCUT2D eigenvalue weighted by atomic mass is 19.1. The van der Waals surface area contributed by atoms with Crippen molar-refractivity contribution in [3.05, 3.63) is 47.4 Å². The molecule has 2 atom stereocenters. The first-order valence-electron chi connectivity index (χ1n) is 9.21. The molecule has 2 unspecified atom stereocenters. The Morgan fingerprint density at radius 3 is 2.78 bits per heavy atom. The predicted octanol–water partition coefficient (Wildman–Crippen LogP) is 2.49. The summed E-state index contributed by atoms with van der Waals surface area (Å²) in [6, 6.07) is 6.49. The van der Waals surface area contributed by atoms with Gasteiger partial charge in [0.2, 0.25) is 5.89 Å². The van der Waals surface area contributed by atoms with Gasteiger partial charge >= 0.3 is 0 Å². The number of halogens is 1. The fraction of sp³-hybridized carbons (Fsp3) is 0.526. The number of nitrogens with zero attached hydrogens (tertiary/aromatic N) is 4. The van der Waals surface area contributed by atoms with E-state index in [1.807, 2.05) is 13.8 Å². The highest BCUT2D eigenvalue weighted by molar-refractivity contribution is 5.80. The highest BCUT2D eigenvalue weighted by Crippen LogP contribution is 2.25. The molecule has 0 spiro atoms. The molecule has 27 heavy (non-hydrogen) atoms. The molecule has 7 nitrogen and oxygen atoms in total. The second-order valence-corrected chi connectivity index (χ2v) is 6.70. The van der Waals surface area contributed by atoms with Crippen LogP contribution in [-0.4, -0.2) is 53.8 Å². The Bertz CT molecular complexity index is 762. The number of hydrogen-bond donors (Lipinski definition) is 1. The highest BCUT2D eigenvalue weighted by Gasteiger charge is 2.28. The third-order valence-corrected chi connectivity index (χ3v) is 4.43. The molecule has 3 rings (SSSR count). The van der Waals surface area contributed by atoms with E-state index in [-0.39, 0.29) is 18.0 Å². The number of ether oxygens (including phenoxy) is 1. The zero-order valence-electron chi connectivity index (χ0n) is 16.0. The van der Waals surface area contributed by atoms with Gasteiger partial charge in [0.15, 0.2) is 11.8 Å². The van der Waals surface area contributed by atoms with Crippen molar-refractivity contribution in [1.29, 1.82) is 0 Å². The molecule has 0 amide bonds. The van der Waals surface area contributed by atoms with Gasteiger partial charge in [0.1, 0.15) is 11.9 Å². The van der Waals surface area contributed by atoms with Crippen molar-refractivity contribution in [2.24, 2.45) is 4.99 Å². The smallest absolute Gasteiger partial charge is 0.226 e. The maximum atomic E-state index is 13.2. The normalized spacial score (nSPS) is 20.7. The van der Waals surface area contributed by atoms with Gasteiger partial charge in [-0.3, -0.25) is 4.99 Å². The molecule has 8 heteroatoms. The lowest BCUT2D eigenvalue weighted by Gasteiger charge is -2.38. The second-order valence-electron chi connectivity index (χ2n) is 6.70. The van der Waals surface area contributed by atoms with Gasteiger partial charge < -0.3 is 19.5 Å². The van der Waals surface area contributed by atoms with Gasteiger partial charge in [0, 0.05) is 26.6 Å². The van der Waals surface area contributed by atoms with Crippen LogP contribution in [0.2, 0.25) is 0 Å². The van der Waals surface area contributed by atoms with Crippen molar-refractivity contribution in [3.63, 3.8) is 0 Å². The van der Waals surface area contributed by atoms with Crippen molar-refractivity contribution in [3.8, 4) is 0 Å². The van der Waals surface area contributed by atoms with Crippen molar-refractivity contribution in [2.45, 2.75) is 38.9 Å². The molecule has 0 aliphatic carbocycles. The van der Waals surface area contributed by atoms with E-state index in [0.29, 0.717) is 18.3 Å². The Morgan fingerprint density at radius 1 is 1.33 bits per heavy atom. The average Bonchev–Trinajstić information content (AvgIpc) is 3.07. The quantitative estimate of drug-likeness (QED) is 0.492. The Labute approximate surface area is 158 Å². The lowest BCUT2D eigenvalue weighted by molar-refractivity contribution is -0.0605. The van der Waals surface area contributed by atoms with Crippen LogP contribution in [0.25, 0.3) is 0 Å². The van der Waals surface area contributed by atoms with E-state index in [1.165, 1.54) is 12.1 Å². The fourth-order valence-electron chi connectivity index (χ4n) is 3.20. The summed E-state index contributed by atoms with van der Waals surface area (Å²) in [5.74, 6) is 1.90. The van der Waals surface area contributed by atoms with Crippen molar-refractivity contribution >= 4 is 5.96 Å². The Hall–Kier alpha value is -2.48. The molecule has 1 fully saturated rings. The van der Waals surface area contributed by atoms with Crippen LogP contribution < -0.4 is 5.32 Å². The summed E-state index contributed by atoms with van der Waals surface area (Å²) in [5, 5.41) is 7.18. The van der Waals surface area contributed by atoms with E-state index >= 15 is 0 Å². The third-order valence-electron chi connectivity index (χ3n) is 4.43. The van der Waals surface area contributed by atoms with Gasteiger partial charge in [-0.25, -0.2) is 4.39 Å². The van der Waals surface area contributed by atoms with Crippen molar-refractivity contribution < 1.29 is 13.7 Å². The molecule has 1 aromatic carbocycles. The van der Waals surface area contributed by atoms with Crippen LogP contribution in [0, 0.1) is 12.7 Å². The molecule has 1 aliphatic rings. The number of aryl methyl sites for hydroxylation is 2. The fourth-order valence-corrected chi connectivity index (χ4v) is 3.20. The van der Waals surface area contributed by atoms with E-state index < -0.39 is 0 Å². The third kappa shape index (κ3) is 5.26. The summed E-state index contributed by atoms with van der Waals surface area (Å²) in [4.78, 5) is 10.8. The molecular weight excluding hydrogens is 349 g/mol. The molecule has 1 aromatic heterocycles. The largest absolute Gasteiger partial charge is 0.367 e. The van der Waals surface area contributed by atoms with Crippen LogP contribution in [0.1, 0.15) is 36.7 Å². The summed E-state index contributed by atoms with van der Waals surface area (Å²) < 4.78 is 24.4. The minimum absolute atomic E-state index is 0.0497. The van der Waals surface area contributed by atoms with E-state index in [9.17, 15) is 4.39 Å². The number of hydrogen-bond acceptors (Lipinski definition) is 5. The summed E-state index contributed by atoms with van der Waals surface area (Å²) >= 11 is 0. The maximum absolute atomic E-state index is 13.2. The molecule has 2 heterocycles. The zero-order chi connectivity index (χ0) is 19.2. The minimum Gasteiger partial charge on any atom is -0.367 e. The summed E-state index contributed by atoms with van der Waals surface area (Å²) in [7, 11) is 1.77. The molecule has 0 bridgehead atoms. The predicted molar refractivity (Wildman–Crippen MR) is 100.0 cm³/mol. The number of nitrogens with one attached hydrogen (secondary N) is 1. The second kappa shape index (κ2) is 8.94. The Balaban J connectivity index is 1.54. The number of morpholine rings is 1. The van der Waals surface area contributed by atoms with E-state index in [2.05, 4.69) is 25.3 Å². The van der Waals surface area contributed by atoms with Gasteiger partial charge in [-0.15, -0.1) is 0 Å². The van der Waals surface area contributed by atoms with Crippen LogP contribution in [0.3, 0.4) is 0 Å². The van der Waals surface area contributed by atoms with Gasteiger partial charge in [0.25, 0.3) is 0 Å². The van der Waals surface area contributed by atoms with Crippen molar-refractivity contribution in [1.82, 2.24) is 20.4 Å². The SMILES string of the molecule is CN=C(NCCCc1nc(C)no1)N1CC(C)OC(c2ccc(F)cc2)C1. The van der Waals surface area contributed by atoms with Crippen LogP contribution in [-0.2, 0) is 11.2 Å². The number of guanidine groups is 1. The average molecular weight is 375 g/mol. The maximum Gasteiger partial charge on any atom is 0.226 e. The number of aromatic nitrogens is 2. The van der Waals surface area contributed by atoms with E-state index in [4.69, 9.17) is 9.26 Å². The Kier molecular flexibility index (Phi) is 6.39. The van der Waals surface area contributed by atoms with Gasteiger partial charge in [0.05, 0.1) is 12.6 Å². The molecular formula is C19H26FN5O2. The first-order valence-corrected chi connectivity index (χ1v) is 9.21. The van der Waals surface area contributed by atoms with Crippen LogP contribution in [0.4, 0.5) is 4.39 Å². The number of rotatable bonds is 5. The Morgan fingerprint density at radius 2 is 2.11 bits per heavy atom. The topological polar surface area (TPSA) is 75.8 Å². The molecule has 0 radical (unpaired) electrons. The van der Waals surface area contributed by atoms with Gasteiger partial charge in [-0.05, 0) is 38.0 Å². The van der Waals surface area contributed by atoms with E-state index in [1.54, 1.807) is 19.2 Å². The van der Waals surface area contributed by atoms with Gasteiger partial charge in [-0.2, -0.15) is 4.98 Å². The molecule has 146 valence electrons. The molecule has 1 aliphatic heterocycles. The monoisotopic (exact) mass is 375 g/mol. The summed E-state index contributed by atoms with van der Waals surface area (Å²) in [6.07, 6.45) is 1.52. The van der Waals surface area contributed by atoms with Crippen LogP contribution >= 0.6 is 0 Å². The molecule has 2 aromatic rings. The molecule has 1 N–H and O–H groups in total. The summed E-state index contributed by atoms with van der Waals surface area (Å²) in [5.41, 5.74) is 0.968. The first kappa shape index (κ1) is 19.3. The minimum atomic E-state index is -0.242.